The minimum atomic E-state index is 0.460. The van der Waals surface area contributed by atoms with Crippen LogP contribution in [0.2, 0.25) is 0 Å². The molecule has 0 heterocycles. The van der Waals surface area contributed by atoms with Crippen molar-refractivity contribution >= 4 is 35.4 Å². The van der Waals surface area contributed by atoms with Gasteiger partial charge in [0.1, 0.15) is 0 Å². The molecular formula is C7H5O2Tl. The van der Waals surface area contributed by atoms with Gasteiger partial charge in [-0.25, -0.2) is 0 Å². The van der Waals surface area contributed by atoms with Gasteiger partial charge in [-0.15, -0.1) is 0 Å². The Morgan fingerprint density at radius 3 is 2.70 bits per heavy atom. The molecule has 0 atom stereocenters. The summed E-state index contributed by atoms with van der Waals surface area (Å²) in [7, 11) is 0. The van der Waals surface area contributed by atoms with Crippen molar-refractivity contribution in [3.05, 3.63) is 24.3 Å². The molecule has 0 amide bonds. The molecule has 0 saturated carbocycles. The van der Waals surface area contributed by atoms with Gasteiger partial charge >= 0.3 is 74.9 Å². The van der Waals surface area contributed by atoms with Gasteiger partial charge in [0.05, 0.1) is 0 Å². The number of hydrogen-bond donors (Lipinski definition) is 0. The fourth-order valence-corrected chi connectivity index (χ4v) is 1.71. The first-order chi connectivity index (χ1) is 4.84. The Hall–Kier alpha value is -0.388. The Labute approximate surface area is 74.9 Å². The van der Waals surface area contributed by atoms with Crippen LogP contribution in [0, 0.1) is 0 Å². The van der Waals surface area contributed by atoms with E-state index in [2.05, 4.69) is 0 Å². The summed E-state index contributed by atoms with van der Waals surface area (Å²) in [5.41, 5.74) is 0. The number of para-hydroxylation sites is 1. The third kappa shape index (κ3) is 1.80. The van der Waals surface area contributed by atoms with Gasteiger partial charge in [0.2, 0.25) is 0 Å². The summed E-state index contributed by atoms with van der Waals surface area (Å²) in [6.45, 7) is 0.460. The van der Waals surface area contributed by atoms with Crippen molar-refractivity contribution in [2.75, 3.05) is 0 Å². The van der Waals surface area contributed by atoms with Crippen LogP contribution in [0.1, 0.15) is 0 Å². The van der Waals surface area contributed by atoms with Gasteiger partial charge in [0.25, 0.3) is 0 Å². The van der Waals surface area contributed by atoms with Crippen molar-refractivity contribution in [3.63, 3.8) is 0 Å². The first-order valence-corrected chi connectivity index (χ1v) is 5.04. The molecule has 2 nitrogen and oxygen atoms in total. The standard InChI is InChI=1S/C7H5O2.Tl/c8-6-9-7-4-2-1-3-5-7;/h1-4,6H;. The number of ether oxygens (including phenoxy) is 1. The van der Waals surface area contributed by atoms with Gasteiger partial charge in [-0.2, -0.15) is 0 Å². The molecule has 48 valence electrons. The molecule has 0 aromatic heterocycles. The van der Waals surface area contributed by atoms with Crippen LogP contribution in [0.3, 0.4) is 0 Å². The quantitative estimate of drug-likeness (QED) is 0.566. The molecule has 1 aromatic rings. The van der Waals surface area contributed by atoms with E-state index in [1.54, 1.807) is 6.07 Å². The summed E-state index contributed by atoms with van der Waals surface area (Å²) < 4.78 is 5.83. The summed E-state index contributed by atoms with van der Waals surface area (Å²) in [4.78, 5) is 9.92. The van der Waals surface area contributed by atoms with Crippen molar-refractivity contribution < 1.29 is 9.53 Å². The zero-order valence-electron chi connectivity index (χ0n) is 5.28. The second-order valence-electron chi connectivity index (χ2n) is 1.75. The van der Waals surface area contributed by atoms with Gasteiger partial charge in [-0.05, 0) is 0 Å². The minimum absolute atomic E-state index is 0.460. The first kappa shape index (κ1) is 7.72. The Morgan fingerprint density at radius 2 is 2.10 bits per heavy atom. The van der Waals surface area contributed by atoms with E-state index in [1.165, 1.54) is 0 Å². The van der Waals surface area contributed by atoms with Crippen molar-refractivity contribution in [3.8, 4) is 5.75 Å². The molecule has 3 heteroatoms. The van der Waals surface area contributed by atoms with Crippen LogP contribution < -0.4 is 7.86 Å². The molecule has 10 heavy (non-hydrogen) atoms. The molecule has 0 aliphatic carbocycles. The molecule has 0 fully saturated rings. The molecule has 0 saturated heterocycles. The van der Waals surface area contributed by atoms with E-state index < -0.39 is 0 Å². The van der Waals surface area contributed by atoms with E-state index in [4.69, 9.17) is 4.74 Å². The van der Waals surface area contributed by atoms with E-state index in [1.807, 2.05) is 18.2 Å². The van der Waals surface area contributed by atoms with Crippen LogP contribution in [-0.2, 0) is 4.79 Å². The summed E-state index contributed by atoms with van der Waals surface area (Å²) in [6.07, 6.45) is 0. The first-order valence-electron chi connectivity index (χ1n) is 2.79. The maximum absolute atomic E-state index is 9.92. The third-order valence-corrected chi connectivity index (χ3v) is 2.95. The van der Waals surface area contributed by atoms with Crippen LogP contribution in [0.5, 0.6) is 5.75 Å². The Bertz CT molecular complexity index is 235. The van der Waals surface area contributed by atoms with Crippen LogP contribution in [-0.4, -0.2) is 32.2 Å². The van der Waals surface area contributed by atoms with Crippen molar-refractivity contribution in [2.45, 2.75) is 0 Å². The summed E-state index contributed by atoms with van der Waals surface area (Å²) >= 11 is 0.709. The molecule has 1 aromatic carbocycles. The van der Waals surface area contributed by atoms with Crippen LogP contribution in [0.15, 0.2) is 24.3 Å². The molecule has 0 unspecified atom stereocenters. The van der Waals surface area contributed by atoms with E-state index in [9.17, 15) is 4.79 Å². The monoisotopic (exact) mass is 326 g/mol. The Morgan fingerprint density at radius 1 is 1.40 bits per heavy atom. The molecule has 0 aliphatic rings. The zero-order valence-corrected chi connectivity index (χ0v) is 9.77. The van der Waals surface area contributed by atoms with Crippen molar-refractivity contribution in [1.29, 1.82) is 0 Å². The van der Waals surface area contributed by atoms with Gasteiger partial charge in [-0.1, -0.05) is 0 Å². The average Bonchev–Trinajstić information content (AvgIpc) is 1.94. The molecule has 0 radical (unpaired) electrons. The van der Waals surface area contributed by atoms with E-state index in [-0.39, 0.29) is 0 Å². The fourth-order valence-electron chi connectivity index (χ4n) is 0.640. The number of benzene rings is 1. The number of hydrogen-bond acceptors (Lipinski definition) is 2. The van der Waals surface area contributed by atoms with Gasteiger partial charge < -0.3 is 0 Å². The third-order valence-electron chi connectivity index (χ3n) is 1.09. The molecule has 0 aliphatic heterocycles. The van der Waals surface area contributed by atoms with Crippen LogP contribution in [0.4, 0.5) is 0 Å². The number of rotatable bonds is 2. The molecule has 1 rings (SSSR count). The van der Waals surface area contributed by atoms with E-state index in [0.29, 0.717) is 38.0 Å². The second kappa shape index (κ2) is 3.70. The Kier molecular flexibility index (Phi) is 2.86. The second-order valence-corrected chi connectivity index (χ2v) is 4.17. The zero-order chi connectivity index (χ0) is 7.40. The molecule has 0 spiro atoms. The SMILES string of the molecule is O=COc1cccc[c]1[Tl]. The summed E-state index contributed by atoms with van der Waals surface area (Å²) in [5.74, 6) is 0.697. The predicted molar refractivity (Wildman–Crippen MR) is 38.5 cm³/mol. The normalized spacial score (nSPS) is 8.70. The predicted octanol–water partition coefficient (Wildman–Crippen LogP) is 0.0156. The Balaban J connectivity index is 2.91. The van der Waals surface area contributed by atoms with Gasteiger partial charge in [0.15, 0.2) is 0 Å². The number of carbonyl (C=O) groups excluding carboxylic acids is 1. The fraction of sp³-hybridized carbons (Fsp3) is 0. The molecule has 0 bridgehead atoms. The van der Waals surface area contributed by atoms with Crippen molar-refractivity contribution in [2.24, 2.45) is 0 Å². The summed E-state index contributed by atoms with van der Waals surface area (Å²) in [5, 5.41) is 0. The average molecular weight is 325 g/mol. The number of carbonyl (C=O) groups is 1. The van der Waals surface area contributed by atoms with Gasteiger partial charge in [0, 0.05) is 0 Å². The molecular weight excluding hydrogens is 320 g/mol. The molecule has 0 N–H and O–H groups in total. The summed E-state index contributed by atoms with van der Waals surface area (Å²) in [6, 6.07) is 7.55. The van der Waals surface area contributed by atoms with Gasteiger partial charge in [-0.3, -0.25) is 0 Å². The topological polar surface area (TPSA) is 26.3 Å². The van der Waals surface area contributed by atoms with E-state index >= 15 is 0 Å². The maximum atomic E-state index is 9.92. The van der Waals surface area contributed by atoms with Crippen LogP contribution >= 0.6 is 0 Å². The van der Waals surface area contributed by atoms with Crippen LogP contribution in [0.25, 0.3) is 0 Å². The van der Waals surface area contributed by atoms with E-state index in [0.717, 1.165) is 3.12 Å². The van der Waals surface area contributed by atoms with Crippen molar-refractivity contribution in [1.82, 2.24) is 0 Å².